The quantitative estimate of drug-likeness (QED) is 0.870. The third-order valence-corrected chi connectivity index (χ3v) is 3.35. The van der Waals surface area contributed by atoms with Gasteiger partial charge in [0.1, 0.15) is 17.1 Å². The average Bonchev–Trinajstić information content (AvgIpc) is 2.53. The van der Waals surface area contributed by atoms with Crippen LogP contribution in [0.4, 0.5) is 10.6 Å². The molecule has 0 aliphatic carbocycles. The molecular weight excluding hydrogens is 298 g/mol. The summed E-state index contributed by atoms with van der Waals surface area (Å²) in [6, 6.07) is 0. The van der Waals surface area contributed by atoms with Crippen molar-refractivity contribution in [3.05, 3.63) is 18.1 Å². The van der Waals surface area contributed by atoms with Gasteiger partial charge in [0.2, 0.25) is 0 Å². The average molecular weight is 321 g/mol. The normalized spacial score (nSPS) is 15.3. The predicted molar refractivity (Wildman–Crippen MR) is 85.4 cm³/mol. The zero-order valence-corrected chi connectivity index (χ0v) is 14.0. The Kier molecular flexibility index (Phi) is 5.02. The SMILES string of the molecule is CNC(=O)c1cnc(N2CCN(C(=O)OC(C)(C)C)CC2)cn1. The highest BCUT2D eigenvalue weighted by atomic mass is 16.6. The maximum Gasteiger partial charge on any atom is 0.410 e. The van der Waals surface area contributed by atoms with E-state index in [1.807, 2.05) is 25.7 Å². The molecule has 1 aliphatic heterocycles. The van der Waals surface area contributed by atoms with Gasteiger partial charge in [-0.1, -0.05) is 0 Å². The minimum absolute atomic E-state index is 0.265. The third kappa shape index (κ3) is 4.54. The van der Waals surface area contributed by atoms with Gasteiger partial charge in [-0.25, -0.2) is 14.8 Å². The van der Waals surface area contributed by atoms with Crippen LogP contribution in [0, 0.1) is 0 Å². The highest BCUT2D eigenvalue weighted by Gasteiger charge is 2.26. The topological polar surface area (TPSA) is 87.7 Å². The Morgan fingerprint density at radius 2 is 1.78 bits per heavy atom. The summed E-state index contributed by atoms with van der Waals surface area (Å²) >= 11 is 0. The molecule has 8 heteroatoms. The lowest BCUT2D eigenvalue weighted by Crippen LogP contribution is -2.50. The number of hydrogen-bond acceptors (Lipinski definition) is 6. The van der Waals surface area contributed by atoms with Crippen LogP contribution < -0.4 is 10.2 Å². The second-order valence-electron chi connectivity index (χ2n) is 6.29. The number of rotatable bonds is 2. The zero-order chi connectivity index (χ0) is 17.0. The first-order valence-electron chi connectivity index (χ1n) is 7.57. The Morgan fingerprint density at radius 1 is 1.13 bits per heavy atom. The van der Waals surface area contributed by atoms with Crippen LogP contribution in [0.25, 0.3) is 0 Å². The molecule has 0 spiro atoms. The molecule has 2 amide bonds. The van der Waals surface area contributed by atoms with Crippen LogP contribution in [0.3, 0.4) is 0 Å². The fraction of sp³-hybridized carbons (Fsp3) is 0.600. The van der Waals surface area contributed by atoms with E-state index in [9.17, 15) is 9.59 Å². The van der Waals surface area contributed by atoms with Crippen molar-refractivity contribution in [3.8, 4) is 0 Å². The summed E-state index contributed by atoms with van der Waals surface area (Å²) in [5, 5.41) is 2.50. The molecule has 0 radical (unpaired) electrons. The number of anilines is 1. The molecule has 1 aromatic heterocycles. The summed E-state index contributed by atoms with van der Waals surface area (Å²) in [5.41, 5.74) is -0.210. The smallest absolute Gasteiger partial charge is 0.410 e. The Balaban J connectivity index is 1.91. The van der Waals surface area contributed by atoms with Crippen LogP contribution in [0.2, 0.25) is 0 Å². The molecule has 2 rings (SSSR count). The number of ether oxygens (including phenoxy) is 1. The first-order valence-corrected chi connectivity index (χ1v) is 7.57. The second-order valence-corrected chi connectivity index (χ2v) is 6.29. The van der Waals surface area contributed by atoms with Gasteiger partial charge in [-0.05, 0) is 20.8 Å². The van der Waals surface area contributed by atoms with Crippen molar-refractivity contribution in [2.24, 2.45) is 0 Å². The maximum absolute atomic E-state index is 12.0. The van der Waals surface area contributed by atoms with Crippen LogP contribution in [0.5, 0.6) is 0 Å². The highest BCUT2D eigenvalue weighted by molar-refractivity contribution is 5.91. The Morgan fingerprint density at radius 3 is 2.26 bits per heavy atom. The molecule has 23 heavy (non-hydrogen) atoms. The summed E-state index contributed by atoms with van der Waals surface area (Å²) in [4.78, 5) is 35.6. The van der Waals surface area contributed by atoms with E-state index in [2.05, 4.69) is 15.3 Å². The summed E-state index contributed by atoms with van der Waals surface area (Å²) in [5.74, 6) is 0.431. The van der Waals surface area contributed by atoms with Crippen LogP contribution in [-0.2, 0) is 4.74 Å². The van der Waals surface area contributed by atoms with Gasteiger partial charge in [-0.2, -0.15) is 0 Å². The predicted octanol–water partition coefficient (Wildman–Crippen LogP) is 0.893. The number of piperazine rings is 1. The lowest BCUT2D eigenvalue weighted by atomic mass is 10.2. The minimum Gasteiger partial charge on any atom is -0.444 e. The van der Waals surface area contributed by atoms with Crippen molar-refractivity contribution in [2.75, 3.05) is 38.1 Å². The van der Waals surface area contributed by atoms with Crippen molar-refractivity contribution in [1.29, 1.82) is 0 Å². The molecule has 1 aliphatic rings. The maximum atomic E-state index is 12.0. The Bertz CT molecular complexity index is 559. The third-order valence-electron chi connectivity index (χ3n) is 3.35. The Labute approximate surface area is 135 Å². The molecule has 8 nitrogen and oxygen atoms in total. The molecule has 0 atom stereocenters. The second kappa shape index (κ2) is 6.80. The lowest BCUT2D eigenvalue weighted by molar-refractivity contribution is 0.0240. The first kappa shape index (κ1) is 17.0. The van der Waals surface area contributed by atoms with Crippen molar-refractivity contribution in [1.82, 2.24) is 20.2 Å². The van der Waals surface area contributed by atoms with E-state index in [4.69, 9.17) is 4.74 Å². The number of carbonyl (C=O) groups is 2. The molecular formula is C15H23N5O3. The van der Waals surface area contributed by atoms with Crippen molar-refractivity contribution < 1.29 is 14.3 Å². The molecule has 126 valence electrons. The molecule has 1 fully saturated rings. The summed E-state index contributed by atoms with van der Waals surface area (Å²) in [6.07, 6.45) is 2.74. The number of nitrogens with zero attached hydrogens (tertiary/aromatic N) is 4. The van der Waals surface area contributed by atoms with Gasteiger partial charge in [0.05, 0.1) is 12.4 Å². The van der Waals surface area contributed by atoms with E-state index < -0.39 is 5.60 Å². The summed E-state index contributed by atoms with van der Waals surface area (Å²) < 4.78 is 5.37. The summed E-state index contributed by atoms with van der Waals surface area (Å²) in [7, 11) is 1.55. The van der Waals surface area contributed by atoms with Gasteiger partial charge in [0, 0.05) is 33.2 Å². The molecule has 1 saturated heterocycles. The van der Waals surface area contributed by atoms with Gasteiger partial charge in [0.15, 0.2) is 0 Å². The lowest BCUT2D eigenvalue weighted by Gasteiger charge is -2.36. The van der Waals surface area contributed by atoms with Gasteiger partial charge in [-0.3, -0.25) is 4.79 Å². The number of hydrogen-bond donors (Lipinski definition) is 1. The molecule has 0 saturated carbocycles. The van der Waals surface area contributed by atoms with E-state index in [1.54, 1.807) is 18.1 Å². The van der Waals surface area contributed by atoms with Gasteiger partial charge in [0.25, 0.3) is 5.91 Å². The molecule has 0 aromatic carbocycles. The molecule has 0 unspecified atom stereocenters. The largest absolute Gasteiger partial charge is 0.444 e. The first-order chi connectivity index (χ1) is 10.8. The van der Waals surface area contributed by atoms with E-state index in [0.29, 0.717) is 32.0 Å². The highest BCUT2D eigenvalue weighted by Crippen LogP contribution is 2.15. The van der Waals surface area contributed by atoms with Gasteiger partial charge >= 0.3 is 6.09 Å². The van der Waals surface area contributed by atoms with Gasteiger partial charge < -0.3 is 19.9 Å². The zero-order valence-electron chi connectivity index (χ0n) is 14.0. The van der Waals surface area contributed by atoms with Crippen molar-refractivity contribution in [2.45, 2.75) is 26.4 Å². The standard InChI is InChI=1S/C15H23N5O3/c1-15(2,3)23-14(22)20-7-5-19(6-8-20)12-10-17-11(9-18-12)13(21)16-4/h9-10H,5-8H2,1-4H3,(H,16,21). The van der Waals surface area contributed by atoms with Crippen LogP contribution in [-0.4, -0.2) is 65.7 Å². The van der Waals surface area contributed by atoms with Crippen LogP contribution in [0.1, 0.15) is 31.3 Å². The fourth-order valence-electron chi connectivity index (χ4n) is 2.17. The Hall–Kier alpha value is -2.38. The monoisotopic (exact) mass is 321 g/mol. The number of aromatic nitrogens is 2. The molecule has 0 bridgehead atoms. The molecule has 1 N–H and O–H groups in total. The fourth-order valence-corrected chi connectivity index (χ4v) is 2.17. The van der Waals surface area contributed by atoms with Crippen molar-refractivity contribution in [3.63, 3.8) is 0 Å². The van der Waals surface area contributed by atoms with E-state index in [1.165, 1.54) is 6.20 Å². The van der Waals surface area contributed by atoms with Gasteiger partial charge in [-0.15, -0.1) is 0 Å². The number of carbonyl (C=O) groups excluding carboxylic acids is 2. The minimum atomic E-state index is -0.491. The number of amides is 2. The van der Waals surface area contributed by atoms with E-state index >= 15 is 0 Å². The summed E-state index contributed by atoms with van der Waals surface area (Å²) in [6.45, 7) is 7.97. The van der Waals surface area contributed by atoms with Crippen LogP contribution in [0.15, 0.2) is 12.4 Å². The van der Waals surface area contributed by atoms with Crippen molar-refractivity contribution >= 4 is 17.8 Å². The van der Waals surface area contributed by atoms with Crippen LogP contribution >= 0.6 is 0 Å². The van der Waals surface area contributed by atoms with E-state index in [-0.39, 0.29) is 17.7 Å². The number of nitrogens with one attached hydrogen (secondary N) is 1. The van der Waals surface area contributed by atoms with E-state index in [0.717, 1.165) is 0 Å². The molecule has 2 heterocycles. The molecule has 1 aromatic rings.